The third kappa shape index (κ3) is 6.64. The van der Waals surface area contributed by atoms with Crippen LogP contribution in [-0.4, -0.2) is 25.6 Å². The van der Waals surface area contributed by atoms with E-state index in [0.29, 0.717) is 6.61 Å². The monoisotopic (exact) mass is 198 g/mol. The van der Waals surface area contributed by atoms with Crippen LogP contribution in [0, 0.1) is 0 Å². The lowest BCUT2D eigenvalue weighted by Crippen LogP contribution is -2.34. The fraction of sp³-hybridized carbons (Fsp3) is 1.00. The van der Waals surface area contributed by atoms with Crippen LogP contribution in [0.25, 0.3) is 0 Å². The predicted octanol–water partition coefficient (Wildman–Crippen LogP) is 0.966. The zero-order chi connectivity index (χ0) is 8.91. The predicted molar refractivity (Wildman–Crippen MR) is 45.3 cm³/mol. The highest BCUT2D eigenvalue weighted by molar-refractivity contribution is 7.79. The van der Waals surface area contributed by atoms with Crippen molar-refractivity contribution in [2.45, 2.75) is 20.0 Å². The topological polar surface area (TPSA) is 44.8 Å². The van der Waals surface area contributed by atoms with Crippen LogP contribution in [0.3, 0.4) is 0 Å². The molecule has 0 aliphatic rings. The van der Waals surface area contributed by atoms with E-state index in [9.17, 15) is 4.21 Å². The molecule has 0 bridgehead atoms. The number of hydrogen-bond donors (Lipinski definition) is 0. The van der Waals surface area contributed by atoms with Crippen molar-refractivity contribution in [2.75, 3.05) is 12.9 Å². The summed E-state index contributed by atoms with van der Waals surface area (Å²) in [5.74, 6) is 0. The molecule has 0 heterocycles. The van der Waals surface area contributed by atoms with E-state index in [1.807, 2.05) is 20.0 Å². The molecule has 6 heteroatoms. The molecule has 0 aromatic heterocycles. The highest BCUT2D eigenvalue weighted by Gasteiger charge is 2.26. The summed E-state index contributed by atoms with van der Waals surface area (Å²) in [5, 5.41) is 0. The molecule has 0 rings (SSSR count). The van der Waals surface area contributed by atoms with E-state index in [-0.39, 0.29) is 0 Å². The molecule has 1 atom stereocenters. The summed E-state index contributed by atoms with van der Waals surface area (Å²) in [5.41, 5.74) is 0. The maximum Gasteiger partial charge on any atom is 0.370 e. The van der Waals surface area contributed by atoms with E-state index in [1.54, 1.807) is 0 Å². The highest BCUT2D eigenvalue weighted by atomic mass is 32.2. The minimum absolute atomic E-state index is 0.582. The summed E-state index contributed by atoms with van der Waals surface area (Å²) in [6.07, 6.45) is 1.40. The van der Waals surface area contributed by atoms with Crippen LogP contribution in [0.5, 0.6) is 0 Å². The van der Waals surface area contributed by atoms with Crippen molar-refractivity contribution >= 4 is 19.6 Å². The second kappa shape index (κ2) is 4.99. The van der Waals surface area contributed by atoms with Gasteiger partial charge in [0.2, 0.25) is 0 Å². The van der Waals surface area contributed by atoms with Crippen molar-refractivity contribution in [2.24, 2.45) is 0 Å². The average Bonchev–Trinajstić information content (AvgIpc) is 1.84. The van der Waals surface area contributed by atoms with Gasteiger partial charge in [-0.25, -0.2) is 8.79 Å². The van der Waals surface area contributed by atoms with Gasteiger partial charge in [-0.1, -0.05) is 0 Å². The summed E-state index contributed by atoms with van der Waals surface area (Å²) in [6, 6.07) is 0. The van der Waals surface area contributed by atoms with E-state index < -0.39 is 19.6 Å². The first kappa shape index (κ1) is 11.2. The maximum absolute atomic E-state index is 10.4. The summed E-state index contributed by atoms with van der Waals surface area (Å²) in [7, 11) is -2.18. The van der Waals surface area contributed by atoms with Gasteiger partial charge in [0.05, 0.1) is 0 Å². The Bertz CT molecular complexity index is 138. The van der Waals surface area contributed by atoms with Gasteiger partial charge in [0.15, 0.2) is 11.1 Å². The first-order chi connectivity index (χ1) is 4.98. The lowest BCUT2D eigenvalue weighted by molar-refractivity contribution is -0.119. The van der Waals surface area contributed by atoms with Gasteiger partial charge in [0, 0.05) is 12.9 Å². The Morgan fingerprint density at radius 3 is 2.36 bits per heavy atom. The largest absolute Gasteiger partial charge is 0.393 e. The lowest BCUT2D eigenvalue weighted by Gasteiger charge is -2.18. The Morgan fingerprint density at radius 1 is 1.45 bits per heavy atom. The minimum atomic E-state index is -2.18. The molecule has 0 radical (unpaired) electrons. The minimum Gasteiger partial charge on any atom is -0.393 e. The van der Waals surface area contributed by atoms with Gasteiger partial charge in [-0.3, -0.25) is 0 Å². The molecule has 0 N–H and O–H groups in total. The Kier molecular flexibility index (Phi) is 5.10. The normalized spacial score (nSPS) is 14.9. The first-order valence-corrected chi connectivity index (χ1v) is 7.61. The first-order valence-electron chi connectivity index (χ1n) is 3.31. The summed E-state index contributed by atoms with van der Waals surface area (Å²) in [4.78, 5) is 0. The van der Waals surface area contributed by atoms with Gasteiger partial charge in [-0.15, -0.1) is 4.33 Å². The van der Waals surface area contributed by atoms with Gasteiger partial charge >= 0.3 is 8.56 Å². The molecule has 0 spiro atoms. The smallest absolute Gasteiger partial charge is 0.370 e. The van der Waals surface area contributed by atoms with Crippen LogP contribution in [0.4, 0.5) is 0 Å². The van der Waals surface area contributed by atoms with Crippen LogP contribution >= 0.6 is 0 Å². The Balaban J connectivity index is 3.63. The van der Waals surface area contributed by atoms with Crippen LogP contribution in [0.15, 0.2) is 0 Å². The Hall–Kier alpha value is 0.247. The van der Waals surface area contributed by atoms with Gasteiger partial charge < -0.3 is 4.43 Å². The number of hydrogen-bond acceptors (Lipinski definition) is 4. The molecule has 11 heavy (non-hydrogen) atoms. The molecule has 0 aromatic rings. The summed E-state index contributed by atoms with van der Waals surface area (Å²) >= 11 is -1.38. The van der Waals surface area contributed by atoms with Gasteiger partial charge in [0.1, 0.15) is 0 Å². The van der Waals surface area contributed by atoms with Crippen molar-refractivity contribution in [3.05, 3.63) is 0 Å². The lowest BCUT2D eigenvalue weighted by atomic mass is 10.9. The molecule has 0 saturated heterocycles. The standard InChI is InChI=1S/C5H14O4SSi/c1-5-7-11(3,4)9-8-10(2)6/h5H2,1-4H3. The van der Waals surface area contributed by atoms with Crippen LogP contribution < -0.4 is 0 Å². The highest BCUT2D eigenvalue weighted by Crippen LogP contribution is 2.06. The average molecular weight is 198 g/mol. The van der Waals surface area contributed by atoms with Gasteiger partial charge in [-0.05, 0) is 20.0 Å². The zero-order valence-electron chi connectivity index (χ0n) is 7.25. The molecule has 0 amide bonds. The molecule has 0 fully saturated rings. The molecule has 4 nitrogen and oxygen atoms in total. The molecule has 1 unspecified atom stereocenters. The summed E-state index contributed by atoms with van der Waals surface area (Å²) in [6.45, 7) is 6.10. The SMILES string of the molecule is CCO[Si](C)(C)OOS(C)=O. The quantitative estimate of drug-likeness (QED) is 0.375. The number of rotatable bonds is 5. The fourth-order valence-electron chi connectivity index (χ4n) is 0.501. The second-order valence-electron chi connectivity index (χ2n) is 2.39. The maximum atomic E-state index is 10.4. The Labute approximate surface area is 70.7 Å². The molecule has 0 aromatic carbocycles. The van der Waals surface area contributed by atoms with Gasteiger partial charge in [0.25, 0.3) is 0 Å². The molecule has 68 valence electrons. The van der Waals surface area contributed by atoms with Crippen molar-refractivity contribution in [3.8, 4) is 0 Å². The molecular formula is C5H14O4SSi. The van der Waals surface area contributed by atoms with Crippen molar-refractivity contribution in [1.29, 1.82) is 0 Å². The van der Waals surface area contributed by atoms with E-state index in [0.717, 1.165) is 0 Å². The van der Waals surface area contributed by atoms with Crippen molar-refractivity contribution in [1.82, 2.24) is 0 Å². The van der Waals surface area contributed by atoms with Crippen LogP contribution in [0.1, 0.15) is 6.92 Å². The molecule has 0 saturated carbocycles. The fourth-order valence-corrected chi connectivity index (χ4v) is 2.28. The van der Waals surface area contributed by atoms with Gasteiger partial charge in [-0.2, -0.15) is 0 Å². The van der Waals surface area contributed by atoms with Crippen LogP contribution in [0.2, 0.25) is 13.1 Å². The van der Waals surface area contributed by atoms with Crippen molar-refractivity contribution < 1.29 is 17.5 Å². The molecule has 0 aliphatic carbocycles. The Morgan fingerprint density at radius 2 is 2.00 bits per heavy atom. The zero-order valence-corrected chi connectivity index (χ0v) is 9.06. The van der Waals surface area contributed by atoms with E-state index in [2.05, 4.69) is 4.33 Å². The molecular weight excluding hydrogens is 184 g/mol. The van der Waals surface area contributed by atoms with E-state index >= 15 is 0 Å². The molecule has 0 aliphatic heterocycles. The third-order valence-electron chi connectivity index (χ3n) is 0.822. The van der Waals surface area contributed by atoms with E-state index in [4.69, 9.17) is 9.00 Å². The third-order valence-corrected chi connectivity index (χ3v) is 2.67. The second-order valence-corrected chi connectivity index (χ2v) is 6.58. The van der Waals surface area contributed by atoms with Crippen molar-refractivity contribution in [3.63, 3.8) is 0 Å². The van der Waals surface area contributed by atoms with Crippen LogP contribution in [-0.2, 0) is 24.4 Å². The van der Waals surface area contributed by atoms with E-state index in [1.165, 1.54) is 6.26 Å². The summed E-state index contributed by atoms with van der Waals surface area (Å²) < 4.78 is 25.0.